The summed E-state index contributed by atoms with van der Waals surface area (Å²) >= 11 is 0. The number of hydrogen-bond donors (Lipinski definition) is 1. The van der Waals surface area contributed by atoms with Gasteiger partial charge in [0.2, 0.25) is 0 Å². The highest BCUT2D eigenvalue weighted by Crippen LogP contribution is 2.21. The van der Waals surface area contributed by atoms with Gasteiger partial charge in [-0.15, -0.1) is 0 Å². The molecular weight excluding hydrogens is 313 g/mol. The molecule has 6 heteroatoms. The molecule has 24 heavy (non-hydrogen) atoms. The van der Waals surface area contributed by atoms with Crippen molar-refractivity contribution in [3.63, 3.8) is 0 Å². The van der Waals surface area contributed by atoms with Crippen LogP contribution in [-0.2, 0) is 4.74 Å². The van der Waals surface area contributed by atoms with Gasteiger partial charge in [-0.25, -0.2) is 9.18 Å². The number of carbonyl (C=O) groups is 2. The quantitative estimate of drug-likeness (QED) is 0.849. The molecule has 0 saturated heterocycles. The third-order valence-electron chi connectivity index (χ3n) is 3.13. The van der Waals surface area contributed by atoms with Crippen LogP contribution in [0.15, 0.2) is 42.5 Å². The van der Waals surface area contributed by atoms with Crippen molar-refractivity contribution in [3.8, 4) is 5.75 Å². The molecule has 5 nitrogen and oxygen atoms in total. The van der Waals surface area contributed by atoms with Crippen LogP contribution in [0.5, 0.6) is 5.75 Å². The molecule has 2 aromatic carbocycles. The van der Waals surface area contributed by atoms with Crippen LogP contribution < -0.4 is 10.1 Å². The van der Waals surface area contributed by atoms with E-state index in [9.17, 15) is 14.0 Å². The van der Waals surface area contributed by atoms with Crippen LogP contribution in [0, 0.1) is 5.82 Å². The molecule has 2 rings (SSSR count). The van der Waals surface area contributed by atoms with Crippen LogP contribution in [0.3, 0.4) is 0 Å². The van der Waals surface area contributed by atoms with E-state index in [2.05, 4.69) is 5.32 Å². The number of amides is 1. The Kier molecular flexibility index (Phi) is 5.52. The fourth-order valence-corrected chi connectivity index (χ4v) is 2.03. The second-order valence-electron chi connectivity index (χ2n) is 5.33. The maximum Gasteiger partial charge on any atom is 0.338 e. The SMILES string of the molecule is COc1ccc(F)cc1C(=O)Nc1ccc(C(=O)OC(C)C)cc1. The van der Waals surface area contributed by atoms with Gasteiger partial charge in [0.1, 0.15) is 11.6 Å². The molecule has 0 spiro atoms. The highest BCUT2D eigenvalue weighted by atomic mass is 19.1. The average Bonchev–Trinajstić information content (AvgIpc) is 2.54. The zero-order valence-corrected chi connectivity index (χ0v) is 13.6. The van der Waals surface area contributed by atoms with Crippen molar-refractivity contribution < 1.29 is 23.5 Å². The van der Waals surface area contributed by atoms with E-state index < -0.39 is 17.7 Å². The predicted octanol–water partition coefficient (Wildman–Crippen LogP) is 3.65. The number of esters is 1. The van der Waals surface area contributed by atoms with Gasteiger partial charge in [0.05, 0.1) is 24.3 Å². The van der Waals surface area contributed by atoms with Crippen LogP contribution in [0.2, 0.25) is 0 Å². The Morgan fingerprint density at radius 2 is 1.75 bits per heavy atom. The van der Waals surface area contributed by atoms with E-state index in [4.69, 9.17) is 9.47 Å². The topological polar surface area (TPSA) is 64.6 Å². The van der Waals surface area contributed by atoms with E-state index in [0.717, 1.165) is 6.07 Å². The minimum Gasteiger partial charge on any atom is -0.496 e. The number of nitrogens with one attached hydrogen (secondary N) is 1. The maximum atomic E-state index is 13.3. The van der Waals surface area contributed by atoms with Crippen molar-refractivity contribution >= 4 is 17.6 Å². The van der Waals surface area contributed by atoms with Crippen LogP contribution >= 0.6 is 0 Å². The lowest BCUT2D eigenvalue weighted by Crippen LogP contribution is -2.14. The first-order chi connectivity index (χ1) is 11.4. The van der Waals surface area contributed by atoms with Gasteiger partial charge in [-0.05, 0) is 56.3 Å². The van der Waals surface area contributed by atoms with Gasteiger partial charge in [-0.3, -0.25) is 4.79 Å². The number of methoxy groups -OCH3 is 1. The van der Waals surface area contributed by atoms with Crippen molar-refractivity contribution in [2.24, 2.45) is 0 Å². The molecule has 0 heterocycles. The number of rotatable bonds is 5. The number of anilines is 1. The normalized spacial score (nSPS) is 10.4. The maximum absolute atomic E-state index is 13.3. The standard InChI is InChI=1S/C18H18FNO4/c1-11(2)24-18(22)12-4-7-14(8-5-12)20-17(21)15-10-13(19)6-9-16(15)23-3/h4-11H,1-3H3,(H,20,21). The summed E-state index contributed by atoms with van der Waals surface area (Å²) in [4.78, 5) is 24.0. The van der Waals surface area contributed by atoms with Crippen LogP contribution in [0.4, 0.5) is 10.1 Å². The van der Waals surface area contributed by atoms with Gasteiger partial charge in [0.25, 0.3) is 5.91 Å². The highest BCUT2D eigenvalue weighted by molar-refractivity contribution is 6.06. The Labute approximate surface area is 139 Å². The Bertz CT molecular complexity index is 741. The van der Waals surface area contributed by atoms with E-state index >= 15 is 0 Å². The summed E-state index contributed by atoms with van der Waals surface area (Å²) in [6, 6.07) is 9.93. The first kappa shape index (κ1) is 17.5. The highest BCUT2D eigenvalue weighted by Gasteiger charge is 2.14. The van der Waals surface area contributed by atoms with Gasteiger partial charge < -0.3 is 14.8 Å². The van der Waals surface area contributed by atoms with E-state index in [-0.39, 0.29) is 17.4 Å². The number of halogens is 1. The van der Waals surface area contributed by atoms with Crippen LogP contribution in [0.1, 0.15) is 34.6 Å². The fourth-order valence-electron chi connectivity index (χ4n) is 2.03. The molecular formula is C18H18FNO4. The zero-order valence-electron chi connectivity index (χ0n) is 13.6. The molecule has 126 valence electrons. The van der Waals surface area contributed by atoms with Gasteiger partial charge in [0.15, 0.2) is 0 Å². The van der Waals surface area contributed by atoms with E-state index in [0.29, 0.717) is 11.3 Å². The molecule has 1 N–H and O–H groups in total. The molecule has 0 bridgehead atoms. The Morgan fingerprint density at radius 3 is 2.33 bits per heavy atom. The van der Waals surface area contributed by atoms with Gasteiger partial charge in [-0.2, -0.15) is 0 Å². The Morgan fingerprint density at radius 1 is 1.08 bits per heavy atom. The number of carbonyl (C=O) groups excluding carboxylic acids is 2. The Balaban J connectivity index is 2.13. The monoisotopic (exact) mass is 331 g/mol. The molecule has 1 amide bonds. The number of hydrogen-bond acceptors (Lipinski definition) is 4. The molecule has 0 saturated carbocycles. The number of ether oxygens (including phenoxy) is 2. The van der Waals surface area contributed by atoms with E-state index in [1.165, 1.54) is 19.2 Å². The van der Waals surface area contributed by atoms with Crippen molar-refractivity contribution in [3.05, 3.63) is 59.4 Å². The summed E-state index contributed by atoms with van der Waals surface area (Å²) in [6.07, 6.45) is -0.211. The third-order valence-corrected chi connectivity index (χ3v) is 3.13. The lowest BCUT2D eigenvalue weighted by molar-refractivity contribution is 0.0378. The molecule has 0 fully saturated rings. The van der Waals surface area contributed by atoms with Gasteiger partial charge in [0, 0.05) is 5.69 Å². The average molecular weight is 331 g/mol. The lowest BCUT2D eigenvalue weighted by Gasteiger charge is -2.10. The molecule has 0 radical (unpaired) electrons. The van der Waals surface area contributed by atoms with Gasteiger partial charge in [-0.1, -0.05) is 0 Å². The van der Waals surface area contributed by atoms with E-state index in [1.54, 1.807) is 38.1 Å². The third kappa shape index (κ3) is 4.32. The minimum atomic E-state index is -0.535. The molecule has 0 aliphatic heterocycles. The van der Waals surface area contributed by atoms with Gasteiger partial charge >= 0.3 is 5.97 Å². The molecule has 0 atom stereocenters. The molecule has 0 aliphatic rings. The molecule has 2 aromatic rings. The second-order valence-corrected chi connectivity index (χ2v) is 5.33. The van der Waals surface area contributed by atoms with Crippen LogP contribution in [0.25, 0.3) is 0 Å². The van der Waals surface area contributed by atoms with E-state index in [1.807, 2.05) is 0 Å². The molecule has 0 aliphatic carbocycles. The van der Waals surface area contributed by atoms with Crippen molar-refractivity contribution in [1.82, 2.24) is 0 Å². The predicted molar refractivity (Wildman–Crippen MR) is 87.9 cm³/mol. The van der Waals surface area contributed by atoms with Crippen molar-refractivity contribution in [1.29, 1.82) is 0 Å². The zero-order chi connectivity index (χ0) is 17.7. The van der Waals surface area contributed by atoms with Crippen LogP contribution in [-0.4, -0.2) is 25.1 Å². The summed E-state index contributed by atoms with van der Waals surface area (Å²) in [5.41, 5.74) is 0.929. The largest absolute Gasteiger partial charge is 0.496 e. The first-order valence-electron chi connectivity index (χ1n) is 7.36. The van der Waals surface area contributed by atoms with Crippen molar-refractivity contribution in [2.75, 3.05) is 12.4 Å². The Hall–Kier alpha value is -2.89. The summed E-state index contributed by atoms with van der Waals surface area (Å²) in [6.45, 7) is 3.53. The summed E-state index contributed by atoms with van der Waals surface area (Å²) < 4.78 is 23.5. The summed E-state index contributed by atoms with van der Waals surface area (Å²) in [5.74, 6) is -1.21. The van der Waals surface area contributed by atoms with Crippen molar-refractivity contribution in [2.45, 2.75) is 20.0 Å². The minimum absolute atomic E-state index is 0.0841. The lowest BCUT2D eigenvalue weighted by atomic mass is 10.1. The fraction of sp³-hybridized carbons (Fsp3) is 0.222. The summed E-state index contributed by atoms with van der Waals surface area (Å²) in [5, 5.41) is 2.63. The summed E-state index contributed by atoms with van der Waals surface area (Å²) in [7, 11) is 1.40. The first-order valence-corrected chi connectivity index (χ1v) is 7.36. The number of benzene rings is 2. The molecule has 0 aromatic heterocycles. The second kappa shape index (κ2) is 7.59. The molecule has 0 unspecified atom stereocenters. The smallest absolute Gasteiger partial charge is 0.338 e.